The molecule has 0 atom stereocenters. The number of halogens is 2. The van der Waals surface area contributed by atoms with Crippen molar-refractivity contribution in [2.45, 2.75) is 13.5 Å². The van der Waals surface area contributed by atoms with Crippen molar-refractivity contribution in [2.24, 2.45) is 4.99 Å². The van der Waals surface area contributed by atoms with Crippen LogP contribution in [0.3, 0.4) is 0 Å². The summed E-state index contributed by atoms with van der Waals surface area (Å²) in [5.74, 6) is 0.579. The van der Waals surface area contributed by atoms with Crippen LogP contribution in [0.2, 0.25) is 0 Å². The van der Waals surface area contributed by atoms with E-state index >= 15 is 0 Å². The van der Waals surface area contributed by atoms with E-state index in [1.807, 2.05) is 24.9 Å². The molecule has 106 valence electrons. The largest absolute Gasteiger partial charge is 0.357 e. The van der Waals surface area contributed by atoms with Gasteiger partial charge >= 0.3 is 0 Å². The second-order valence-electron chi connectivity index (χ2n) is 3.97. The normalized spacial score (nSPS) is 10.6. The number of nitrogens with one attached hydrogen (secondary N) is 1. The Balaban J connectivity index is 0.00000324. The molecule has 1 aromatic rings. The number of guanidine groups is 1. The zero-order chi connectivity index (χ0) is 13.4. The standard InChI is InChI=1S/C14H20FN3.HI/c1-4-9-17-14(16-5-2)18(3)11-12-7-6-8-13(15)10-12;/h4,6-8,10H,1,5,9,11H2,2-3H3,(H,16,17);1H. The van der Waals surface area contributed by atoms with Crippen molar-refractivity contribution in [1.82, 2.24) is 10.2 Å². The highest BCUT2D eigenvalue weighted by molar-refractivity contribution is 14.0. The molecule has 0 unspecified atom stereocenters. The third-order valence-corrected chi connectivity index (χ3v) is 2.38. The molecule has 0 aliphatic rings. The van der Waals surface area contributed by atoms with E-state index in [9.17, 15) is 4.39 Å². The molecule has 0 heterocycles. The summed E-state index contributed by atoms with van der Waals surface area (Å²) in [6, 6.07) is 6.59. The maximum atomic E-state index is 13.1. The van der Waals surface area contributed by atoms with E-state index in [0.717, 1.165) is 18.1 Å². The van der Waals surface area contributed by atoms with Crippen molar-refractivity contribution in [3.8, 4) is 0 Å². The van der Waals surface area contributed by atoms with Crippen LogP contribution in [0.15, 0.2) is 41.9 Å². The first-order valence-electron chi connectivity index (χ1n) is 6.02. The molecule has 1 rings (SSSR count). The van der Waals surface area contributed by atoms with E-state index < -0.39 is 0 Å². The van der Waals surface area contributed by atoms with Crippen molar-refractivity contribution in [1.29, 1.82) is 0 Å². The summed E-state index contributed by atoms with van der Waals surface area (Å²) in [4.78, 5) is 6.33. The van der Waals surface area contributed by atoms with E-state index in [4.69, 9.17) is 0 Å². The zero-order valence-corrected chi connectivity index (χ0v) is 13.7. The minimum absolute atomic E-state index is 0. The van der Waals surface area contributed by atoms with Crippen LogP contribution in [0, 0.1) is 5.82 Å². The SMILES string of the molecule is C=CCN=C(NCC)N(C)Cc1cccc(F)c1.I. The Bertz CT molecular complexity index is 421. The summed E-state index contributed by atoms with van der Waals surface area (Å²) in [7, 11) is 1.93. The van der Waals surface area contributed by atoms with Crippen molar-refractivity contribution in [3.05, 3.63) is 48.3 Å². The van der Waals surface area contributed by atoms with Crippen LogP contribution in [-0.2, 0) is 6.54 Å². The molecule has 0 aliphatic heterocycles. The fourth-order valence-electron chi connectivity index (χ4n) is 1.60. The molecule has 19 heavy (non-hydrogen) atoms. The first-order chi connectivity index (χ1) is 8.67. The summed E-state index contributed by atoms with van der Waals surface area (Å²) in [6.45, 7) is 7.63. The summed E-state index contributed by atoms with van der Waals surface area (Å²) in [6.07, 6.45) is 1.74. The summed E-state index contributed by atoms with van der Waals surface area (Å²) >= 11 is 0. The van der Waals surface area contributed by atoms with Crippen molar-refractivity contribution in [2.75, 3.05) is 20.1 Å². The number of rotatable bonds is 5. The van der Waals surface area contributed by atoms with E-state index in [2.05, 4.69) is 16.9 Å². The van der Waals surface area contributed by atoms with Crippen LogP contribution >= 0.6 is 24.0 Å². The summed E-state index contributed by atoms with van der Waals surface area (Å²) in [5, 5.41) is 3.19. The molecular weight excluding hydrogens is 356 g/mol. The highest BCUT2D eigenvalue weighted by Crippen LogP contribution is 2.06. The quantitative estimate of drug-likeness (QED) is 0.370. The van der Waals surface area contributed by atoms with Gasteiger partial charge in [-0.2, -0.15) is 0 Å². The molecule has 5 heteroatoms. The van der Waals surface area contributed by atoms with Crippen LogP contribution in [0.25, 0.3) is 0 Å². The predicted molar refractivity (Wildman–Crippen MR) is 89.5 cm³/mol. The molecule has 0 saturated heterocycles. The van der Waals surface area contributed by atoms with Crippen LogP contribution in [-0.4, -0.2) is 31.0 Å². The lowest BCUT2D eigenvalue weighted by Crippen LogP contribution is -2.38. The third kappa shape index (κ3) is 6.56. The Morgan fingerprint density at radius 3 is 2.84 bits per heavy atom. The van der Waals surface area contributed by atoms with Gasteiger partial charge in [0.25, 0.3) is 0 Å². The second kappa shape index (κ2) is 9.77. The van der Waals surface area contributed by atoms with Gasteiger partial charge in [-0.05, 0) is 24.6 Å². The van der Waals surface area contributed by atoms with Crippen LogP contribution in [0.5, 0.6) is 0 Å². The first kappa shape index (κ1) is 17.9. The maximum absolute atomic E-state index is 13.1. The fraction of sp³-hybridized carbons (Fsp3) is 0.357. The van der Waals surface area contributed by atoms with Gasteiger partial charge in [0, 0.05) is 20.1 Å². The van der Waals surface area contributed by atoms with Crippen LogP contribution in [0.4, 0.5) is 4.39 Å². The van der Waals surface area contributed by atoms with Gasteiger partial charge in [0.1, 0.15) is 5.82 Å². The Hall–Kier alpha value is -1.11. The van der Waals surface area contributed by atoms with Gasteiger partial charge in [-0.3, -0.25) is 0 Å². The van der Waals surface area contributed by atoms with Crippen LogP contribution in [0.1, 0.15) is 12.5 Å². The topological polar surface area (TPSA) is 27.6 Å². The number of nitrogens with zero attached hydrogens (tertiary/aromatic N) is 2. The lowest BCUT2D eigenvalue weighted by molar-refractivity contribution is 0.476. The Labute approximate surface area is 131 Å². The molecule has 0 bridgehead atoms. The molecule has 0 fully saturated rings. The van der Waals surface area contributed by atoms with Gasteiger partial charge < -0.3 is 10.2 Å². The molecular formula is C14H21FIN3. The third-order valence-electron chi connectivity index (χ3n) is 2.38. The smallest absolute Gasteiger partial charge is 0.194 e. The lowest BCUT2D eigenvalue weighted by atomic mass is 10.2. The van der Waals surface area contributed by atoms with Gasteiger partial charge in [0.05, 0.1) is 6.54 Å². The molecule has 0 saturated carbocycles. The molecule has 0 spiro atoms. The average Bonchev–Trinajstić information content (AvgIpc) is 2.34. The zero-order valence-electron chi connectivity index (χ0n) is 11.4. The minimum Gasteiger partial charge on any atom is -0.357 e. The predicted octanol–water partition coefficient (Wildman–Crippen LogP) is 3.03. The molecule has 0 aliphatic carbocycles. The molecule has 0 radical (unpaired) electrons. The number of aliphatic imine (C=N–C) groups is 1. The first-order valence-corrected chi connectivity index (χ1v) is 6.02. The molecule has 3 nitrogen and oxygen atoms in total. The second-order valence-corrected chi connectivity index (χ2v) is 3.97. The van der Waals surface area contributed by atoms with Gasteiger partial charge in [0.2, 0.25) is 0 Å². The Kier molecular flexibility index (Phi) is 9.20. The average molecular weight is 377 g/mol. The van der Waals surface area contributed by atoms with E-state index in [1.165, 1.54) is 12.1 Å². The maximum Gasteiger partial charge on any atom is 0.194 e. The molecule has 1 N–H and O–H groups in total. The summed E-state index contributed by atoms with van der Waals surface area (Å²) < 4.78 is 13.1. The fourth-order valence-corrected chi connectivity index (χ4v) is 1.60. The van der Waals surface area contributed by atoms with E-state index in [0.29, 0.717) is 13.1 Å². The highest BCUT2D eigenvalue weighted by Gasteiger charge is 2.06. The summed E-state index contributed by atoms with van der Waals surface area (Å²) in [5.41, 5.74) is 0.918. The lowest BCUT2D eigenvalue weighted by Gasteiger charge is -2.22. The number of hydrogen-bond donors (Lipinski definition) is 1. The van der Waals surface area contributed by atoms with Crippen molar-refractivity contribution >= 4 is 29.9 Å². The Morgan fingerprint density at radius 2 is 2.26 bits per heavy atom. The van der Waals surface area contributed by atoms with Gasteiger partial charge in [-0.15, -0.1) is 30.6 Å². The monoisotopic (exact) mass is 377 g/mol. The highest BCUT2D eigenvalue weighted by atomic mass is 127. The van der Waals surface area contributed by atoms with E-state index in [-0.39, 0.29) is 29.8 Å². The molecule has 1 aromatic carbocycles. The van der Waals surface area contributed by atoms with Crippen LogP contribution < -0.4 is 5.32 Å². The Morgan fingerprint density at radius 1 is 1.53 bits per heavy atom. The van der Waals surface area contributed by atoms with Gasteiger partial charge in [0.15, 0.2) is 5.96 Å². The van der Waals surface area contributed by atoms with Gasteiger partial charge in [-0.1, -0.05) is 18.2 Å². The van der Waals surface area contributed by atoms with Gasteiger partial charge in [-0.25, -0.2) is 9.38 Å². The minimum atomic E-state index is -0.214. The molecule has 0 amide bonds. The van der Waals surface area contributed by atoms with Crippen molar-refractivity contribution < 1.29 is 4.39 Å². The van der Waals surface area contributed by atoms with E-state index in [1.54, 1.807) is 12.1 Å². The van der Waals surface area contributed by atoms with Crippen molar-refractivity contribution in [3.63, 3.8) is 0 Å². The number of hydrogen-bond acceptors (Lipinski definition) is 1. The molecule has 0 aromatic heterocycles. The number of benzene rings is 1.